The molecule has 0 amide bonds. The van der Waals surface area contributed by atoms with Gasteiger partial charge in [0.05, 0.1) is 9.84 Å². The Labute approximate surface area is 116 Å². The van der Waals surface area contributed by atoms with E-state index in [1.807, 2.05) is 6.92 Å². The van der Waals surface area contributed by atoms with Gasteiger partial charge < -0.3 is 0 Å². The van der Waals surface area contributed by atoms with Crippen molar-refractivity contribution in [2.75, 3.05) is 0 Å². The maximum atomic E-state index is 11.8. The van der Waals surface area contributed by atoms with Crippen molar-refractivity contribution in [1.29, 1.82) is 0 Å². The van der Waals surface area contributed by atoms with E-state index < -0.39 is 9.84 Å². The number of unbranched alkanes of at least 4 members (excludes halogenated alkanes) is 1. The minimum Gasteiger partial charge on any atom is -0.257 e. The Morgan fingerprint density at radius 2 is 1.82 bits per heavy atom. The van der Waals surface area contributed by atoms with Crippen LogP contribution in [0.4, 0.5) is 0 Å². The molecule has 2 nitrogen and oxygen atoms in total. The topological polar surface area (TPSA) is 34.1 Å². The quantitative estimate of drug-likeness (QED) is 0.318. The molecule has 4 heteroatoms. The molecule has 1 aromatic rings. The average Bonchev–Trinajstić information content (AvgIpc) is 2.30. The molecule has 0 heterocycles. The van der Waals surface area contributed by atoms with E-state index in [2.05, 4.69) is 11.8 Å². The van der Waals surface area contributed by atoms with Crippen molar-refractivity contribution in [3.8, 4) is 11.8 Å². The van der Waals surface area contributed by atoms with Crippen LogP contribution in [0.2, 0.25) is 0 Å². The molecule has 0 aliphatic rings. The van der Waals surface area contributed by atoms with E-state index >= 15 is 0 Å². The molecule has 0 saturated carbocycles. The van der Waals surface area contributed by atoms with Gasteiger partial charge in [0.25, 0.3) is 0 Å². The third kappa shape index (κ3) is 5.99. The first-order valence-corrected chi connectivity index (χ1v) is 6.80. The summed E-state index contributed by atoms with van der Waals surface area (Å²) in [7, 11) is -3.24. The molecule has 0 atom stereocenters. The second kappa shape index (κ2) is 8.42. The third-order valence-corrected chi connectivity index (χ3v) is 3.58. The van der Waals surface area contributed by atoms with Gasteiger partial charge in [0.15, 0.2) is 0 Å². The smallest absolute Gasteiger partial charge is 0.257 e. The molecule has 0 unspecified atom stereocenters. The average molecular weight is 242 g/mol. The first-order valence-electron chi connectivity index (χ1n) is 5.26. The monoisotopic (exact) mass is 242 g/mol. The van der Waals surface area contributed by atoms with Crippen LogP contribution in [0.3, 0.4) is 0 Å². The van der Waals surface area contributed by atoms with Gasteiger partial charge in [-0.25, -0.2) is 5.75 Å². The summed E-state index contributed by atoms with van der Waals surface area (Å²) in [5.74, 6) is 7.16. The first-order chi connectivity index (χ1) is 7.67. The van der Waals surface area contributed by atoms with Crippen LogP contribution in [-0.2, 0) is 9.84 Å². The molecule has 0 aliphatic carbocycles. The van der Waals surface area contributed by atoms with Crippen LogP contribution in [0.15, 0.2) is 35.2 Å². The van der Waals surface area contributed by atoms with Crippen molar-refractivity contribution in [3.05, 3.63) is 36.1 Å². The molecule has 0 aliphatic heterocycles. The van der Waals surface area contributed by atoms with Crippen LogP contribution in [0, 0.1) is 17.6 Å². The van der Waals surface area contributed by atoms with Gasteiger partial charge in [-0.05, 0) is 18.6 Å². The standard InChI is InChI=1S/C13H15O2S.Li/c1-2-3-4-5-9-12-16(14,15)13-10-7-6-8-11-13;/h6-8,10-12H,2,5,9H2,1H3;/q-1;+1. The number of sulfone groups is 1. The summed E-state index contributed by atoms with van der Waals surface area (Å²) >= 11 is 0. The molecule has 1 aromatic carbocycles. The summed E-state index contributed by atoms with van der Waals surface area (Å²) in [6.07, 6.45) is 1.88. The van der Waals surface area contributed by atoms with Gasteiger partial charge in [-0.3, -0.25) is 8.42 Å². The Kier molecular flexibility index (Phi) is 8.09. The predicted octanol–water partition coefficient (Wildman–Crippen LogP) is -0.180. The van der Waals surface area contributed by atoms with Crippen molar-refractivity contribution in [2.45, 2.75) is 31.1 Å². The minimum atomic E-state index is -3.24. The van der Waals surface area contributed by atoms with Gasteiger partial charge in [0.1, 0.15) is 0 Å². The van der Waals surface area contributed by atoms with E-state index in [9.17, 15) is 8.42 Å². The van der Waals surface area contributed by atoms with Gasteiger partial charge >= 0.3 is 18.9 Å². The third-order valence-electron chi connectivity index (χ3n) is 1.98. The van der Waals surface area contributed by atoms with Crippen molar-refractivity contribution in [1.82, 2.24) is 0 Å². The van der Waals surface area contributed by atoms with Gasteiger partial charge in [-0.2, -0.15) is 6.42 Å². The van der Waals surface area contributed by atoms with E-state index in [4.69, 9.17) is 0 Å². The summed E-state index contributed by atoms with van der Waals surface area (Å²) in [5.41, 5.74) is 0. The molecule has 0 aromatic heterocycles. The predicted molar refractivity (Wildman–Crippen MR) is 65.2 cm³/mol. The summed E-state index contributed by atoms with van der Waals surface area (Å²) in [6, 6.07) is 8.44. The number of benzene rings is 1. The van der Waals surface area contributed by atoms with E-state index in [1.54, 1.807) is 30.3 Å². The maximum Gasteiger partial charge on any atom is 1.00 e. The maximum absolute atomic E-state index is 11.8. The van der Waals surface area contributed by atoms with Crippen molar-refractivity contribution < 1.29 is 27.3 Å². The normalized spacial score (nSPS) is 9.94. The molecule has 1 rings (SSSR count). The van der Waals surface area contributed by atoms with Crippen LogP contribution in [0.25, 0.3) is 0 Å². The van der Waals surface area contributed by atoms with E-state index in [0.29, 0.717) is 17.7 Å². The molecule has 0 N–H and O–H groups in total. The first kappa shape index (κ1) is 16.3. The molecule has 0 spiro atoms. The van der Waals surface area contributed by atoms with Gasteiger partial charge in [0, 0.05) is 11.3 Å². The van der Waals surface area contributed by atoms with Crippen LogP contribution >= 0.6 is 0 Å². The second-order valence-electron chi connectivity index (χ2n) is 3.27. The summed E-state index contributed by atoms with van der Waals surface area (Å²) < 4.78 is 23.5. The Hall–Kier alpha value is -0.673. The Balaban J connectivity index is 0.00000256. The second-order valence-corrected chi connectivity index (χ2v) is 5.17. The zero-order valence-corrected chi connectivity index (χ0v) is 11.1. The molecule has 0 fully saturated rings. The van der Waals surface area contributed by atoms with Gasteiger partial charge in [0.2, 0.25) is 0 Å². The molecule has 86 valence electrons. The van der Waals surface area contributed by atoms with Crippen LogP contribution < -0.4 is 18.9 Å². The van der Waals surface area contributed by atoms with Crippen LogP contribution in [0.5, 0.6) is 0 Å². The van der Waals surface area contributed by atoms with E-state index in [0.717, 1.165) is 6.42 Å². The SMILES string of the molecule is CCC#CCC[CH-]S(=O)(=O)c1ccccc1.[Li+]. The molecular weight excluding hydrogens is 227 g/mol. The fraction of sp³-hybridized carbons (Fsp3) is 0.308. The van der Waals surface area contributed by atoms with Gasteiger partial charge in [-0.15, -0.1) is 11.8 Å². The van der Waals surface area contributed by atoms with Crippen molar-refractivity contribution >= 4 is 9.84 Å². The molecule has 17 heavy (non-hydrogen) atoms. The van der Waals surface area contributed by atoms with Crippen LogP contribution in [0.1, 0.15) is 26.2 Å². The largest absolute Gasteiger partial charge is 1.00 e. The summed E-state index contributed by atoms with van der Waals surface area (Å²) in [4.78, 5) is 0.346. The van der Waals surface area contributed by atoms with E-state index in [1.165, 1.54) is 5.75 Å². The fourth-order valence-corrected chi connectivity index (χ4v) is 2.36. The molecule has 0 saturated heterocycles. The Morgan fingerprint density at radius 3 is 2.41 bits per heavy atom. The number of rotatable bonds is 4. The Morgan fingerprint density at radius 1 is 1.18 bits per heavy atom. The van der Waals surface area contributed by atoms with Crippen molar-refractivity contribution in [3.63, 3.8) is 0 Å². The number of hydrogen-bond acceptors (Lipinski definition) is 2. The fourth-order valence-electron chi connectivity index (χ4n) is 1.21. The summed E-state index contributed by atoms with van der Waals surface area (Å²) in [6.45, 7) is 1.97. The van der Waals surface area contributed by atoms with Crippen molar-refractivity contribution in [2.24, 2.45) is 0 Å². The van der Waals surface area contributed by atoms with Crippen LogP contribution in [-0.4, -0.2) is 8.42 Å². The number of hydrogen-bond donors (Lipinski definition) is 0. The van der Waals surface area contributed by atoms with E-state index in [-0.39, 0.29) is 18.9 Å². The Bertz CT molecular complexity index is 469. The van der Waals surface area contributed by atoms with Gasteiger partial charge in [-0.1, -0.05) is 25.1 Å². The summed E-state index contributed by atoms with van der Waals surface area (Å²) in [5, 5.41) is 0. The molecule has 0 bridgehead atoms. The molecular formula is C13H15LiO2S. The molecule has 0 radical (unpaired) electrons. The zero-order valence-electron chi connectivity index (χ0n) is 10.3. The zero-order chi connectivity index (χ0) is 11.9. The minimum absolute atomic E-state index is 0.